The van der Waals surface area contributed by atoms with Crippen molar-refractivity contribution in [1.82, 2.24) is 9.78 Å². The van der Waals surface area contributed by atoms with Crippen molar-refractivity contribution in [2.45, 2.75) is 25.9 Å². The number of benzene rings is 1. The molecule has 0 radical (unpaired) electrons. The van der Waals surface area contributed by atoms with Gasteiger partial charge in [0.15, 0.2) is 0 Å². The topological polar surface area (TPSA) is 27.1 Å². The fourth-order valence-electron chi connectivity index (χ4n) is 3.03. The van der Waals surface area contributed by atoms with Crippen molar-refractivity contribution in [3.63, 3.8) is 0 Å². The second-order valence-electron chi connectivity index (χ2n) is 5.52. The summed E-state index contributed by atoms with van der Waals surface area (Å²) in [5.74, 6) is 0. The third kappa shape index (κ3) is 2.11. The van der Waals surface area contributed by atoms with Gasteiger partial charge in [0.05, 0.1) is 17.3 Å². The lowest BCUT2D eigenvalue weighted by Gasteiger charge is -2.29. The number of rotatable bonds is 3. The van der Waals surface area contributed by atoms with Gasteiger partial charge in [0.2, 0.25) is 0 Å². The molecule has 0 amide bonds. The predicted molar refractivity (Wildman–Crippen MR) is 80.7 cm³/mol. The quantitative estimate of drug-likeness (QED) is 0.811. The molecule has 2 unspecified atom stereocenters. The highest BCUT2D eigenvalue weighted by Crippen LogP contribution is 2.40. The van der Waals surface area contributed by atoms with Gasteiger partial charge in [-0.1, -0.05) is 34.1 Å². The van der Waals surface area contributed by atoms with E-state index in [0.717, 1.165) is 24.8 Å². The van der Waals surface area contributed by atoms with E-state index in [-0.39, 0.29) is 11.5 Å². The van der Waals surface area contributed by atoms with Crippen LogP contribution in [0.15, 0.2) is 24.3 Å². The zero-order valence-electron chi connectivity index (χ0n) is 11.4. The maximum absolute atomic E-state index is 5.79. The van der Waals surface area contributed by atoms with Crippen LogP contribution in [0.4, 0.5) is 0 Å². The third-order valence-electron chi connectivity index (χ3n) is 4.45. The van der Waals surface area contributed by atoms with Gasteiger partial charge in [0.1, 0.15) is 0 Å². The summed E-state index contributed by atoms with van der Waals surface area (Å²) in [5.41, 5.74) is 2.57. The first-order valence-corrected chi connectivity index (χ1v) is 7.87. The van der Waals surface area contributed by atoms with Gasteiger partial charge in [-0.15, -0.1) is 0 Å². The fraction of sp³-hybridized carbons (Fsp3) is 0.533. The van der Waals surface area contributed by atoms with E-state index in [2.05, 4.69) is 47.1 Å². The molecular formula is C15H19BrN2O. The molecule has 1 fully saturated rings. The number of nitrogens with zero attached hydrogens (tertiary/aromatic N) is 2. The molecule has 2 heterocycles. The zero-order valence-corrected chi connectivity index (χ0v) is 13.0. The molecule has 1 aliphatic heterocycles. The maximum atomic E-state index is 5.79. The van der Waals surface area contributed by atoms with E-state index in [1.54, 1.807) is 0 Å². The van der Waals surface area contributed by atoms with Crippen molar-refractivity contribution in [2.75, 3.05) is 11.9 Å². The number of halogens is 1. The molecule has 1 saturated heterocycles. The second kappa shape index (κ2) is 4.91. The largest absolute Gasteiger partial charge is 0.378 e. The molecule has 1 aromatic carbocycles. The van der Waals surface area contributed by atoms with E-state index < -0.39 is 0 Å². The summed E-state index contributed by atoms with van der Waals surface area (Å²) in [4.78, 5) is 0. The van der Waals surface area contributed by atoms with Crippen LogP contribution in [0.1, 0.15) is 19.0 Å². The van der Waals surface area contributed by atoms with Crippen LogP contribution in [0.2, 0.25) is 0 Å². The first-order valence-electron chi connectivity index (χ1n) is 6.74. The van der Waals surface area contributed by atoms with E-state index in [9.17, 15) is 0 Å². The molecule has 0 N–H and O–H groups in total. The Morgan fingerprint density at radius 1 is 1.47 bits per heavy atom. The van der Waals surface area contributed by atoms with Gasteiger partial charge in [0, 0.05) is 36.2 Å². The molecule has 3 nitrogen and oxygen atoms in total. The van der Waals surface area contributed by atoms with Crippen molar-refractivity contribution in [2.24, 2.45) is 12.5 Å². The second-order valence-corrected chi connectivity index (χ2v) is 6.08. The summed E-state index contributed by atoms with van der Waals surface area (Å²) in [5, 5.41) is 6.95. The highest BCUT2D eigenvalue weighted by Gasteiger charge is 2.41. The van der Waals surface area contributed by atoms with Gasteiger partial charge in [-0.25, -0.2) is 0 Å². The number of alkyl halides is 1. The number of hydrogen-bond donors (Lipinski definition) is 0. The number of hydrogen-bond acceptors (Lipinski definition) is 2. The summed E-state index contributed by atoms with van der Waals surface area (Å²) < 4.78 is 7.77. The van der Waals surface area contributed by atoms with Gasteiger partial charge in [-0.3, -0.25) is 4.68 Å². The minimum absolute atomic E-state index is 0.178. The van der Waals surface area contributed by atoms with E-state index in [1.807, 2.05) is 11.7 Å². The number of para-hydroxylation sites is 1. The van der Waals surface area contributed by atoms with Crippen LogP contribution in [0.5, 0.6) is 0 Å². The molecule has 2 aromatic rings. The number of fused-ring (bicyclic) bond motifs is 1. The Morgan fingerprint density at radius 3 is 2.95 bits per heavy atom. The van der Waals surface area contributed by atoms with Gasteiger partial charge in [-0.2, -0.15) is 5.10 Å². The molecule has 3 rings (SSSR count). The summed E-state index contributed by atoms with van der Waals surface area (Å²) in [6.07, 6.45) is 2.36. The highest BCUT2D eigenvalue weighted by atomic mass is 79.9. The van der Waals surface area contributed by atoms with Gasteiger partial charge >= 0.3 is 0 Å². The van der Waals surface area contributed by atoms with Crippen molar-refractivity contribution in [3.8, 4) is 0 Å². The Morgan fingerprint density at radius 2 is 2.26 bits per heavy atom. The third-order valence-corrected chi connectivity index (χ3v) is 5.57. The summed E-state index contributed by atoms with van der Waals surface area (Å²) in [6, 6.07) is 8.44. The van der Waals surface area contributed by atoms with E-state index in [4.69, 9.17) is 9.84 Å². The number of ether oxygens (including phenoxy) is 1. The molecular weight excluding hydrogens is 304 g/mol. The van der Waals surface area contributed by atoms with Crippen LogP contribution in [0.3, 0.4) is 0 Å². The van der Waals surface area contributed by atoms with Gasteiger partial charge < -0.3 is 4.74 Å². The number of aryl methyl sites for hydroxylation is 1. The Hall–Kier alpha value is -0.870. The van der Waals surface area contributed by atoms with Gasteiger partial charge in [-0.05, 0) is 19.4 Å². The molecule has 1 aliphatic rings. The molecule has 1 aromatic heterocycles. The Kier molecular flexibility index (Phi) is 3.39. The first-order chi connectivity index (χ1) is 9.16. The Bertz CT molecular complexity index is 595. The lowest BCUT2D eigenvalue weighted by Crippen LogP contribution is -2.33. The Labute approximate surface area is 122 Å². The van der Waals surface area contributed by atoms with Crippen LogP contribution in [-0.4, -0.2) is 27.8 Å². The first kappa shape index (κ1) is 13.1. The smallest absolute Gasteiger partial charge is 0.0710 e. The Balaban J connectivity index is 2.01. The average molecular weight is 323 g/mol. The molecule has 0 saturated carbocycles. The molecule has 0 bridgehead atoms. The average Bonchev–Trinajstić information content (AvgIpc) is 2.94. The van der Waals surface area contributed by atoms with Crippen LogP contribution < -0.4 is 0 Å². The van der Waals surface area contributed by atoms with Crippen molar-refractivity contribution in [3.05, 3.63) is 30.0 Å². The van der Waals surface area contributed by atoms with Gasteiger partial charge in [0.25, 0.3) is 0 Å². The van der Waals surface area contributed by atoms with E-state index in [1.165, 1.54) is 16.6 Å². The van der Waals surface area contributed by atoms with Crippen molar-refractivity contribution >= 4 is 26.8 Å². The fourth-order valence-corrected chi connectivity index (χ4v) is 3.96. The SMILES string of the molecule is CC1OCCC1(CBr)Cc1nn(C)c2ccccc12. The minimum Gasteiger partial charge on any atom is -0.378 e. The molecule has 0 spiro atoms. The van der Waals surface area contributed by atoms with Crippen molar-refractivity contribution in [1.29, 1.82) is 0 Å². The summed E-state index contributed by atoms with van der Waals surface area (Å²) in [7, 11) is 2.02. The highest BCUT2D eigenvalue weighted by molar-refractivity contribution is 9.09. The molecule has 19 heavy (non-hydrogen) atoms. The molecule has 102 valence electrons. The van der Waals surface area contributed by atoms with Crippen LogP contribution in [0, 0.1) is 5.41 Å². The maximum Gasteiger partial charge on any atom is 0.0710 e. The van der Waals surface area contributed by atoms with Crippen LogP contribution >= 0.6 is 15.9 Å². The molecule has 4 heteroatoms. The van der Waals surface area contributed by atoms with Crippen LogP contribution in [-0.2, 0) is 18.2 Å². The normalized spacial score (nSPS) is 27.2. The predicted octanol–water partition coefficient (Wildman–Crippen LogP) is 3.31. The molecule has 0 aliphatic carbocycles. The summed E-state index contributed by atoms with van der Waals surface area (Å²) >= 11 is 3.69. The summed E-state index contributed by atoms with van der Waals surface area (Å²) in [6.45, 7) is 3.04. The number of aromatic nitrogens is 2. The zero-order chi connectivity index (χ0) is 13.5. The standard InChI is InChI=1S/C15H19BrN2O/c1-11-15(10-16,7-8-19-11)9-13-12-5-3-4-6-14(12)18(2)17-13/h3-6,11H,7-10H2,1-2H3. The van der Waals surface area contributed by atoms with Crippen LogP contribution in [0.25, 0.3) is 10.9 Å². The molecule has 2 atom stereocenters. The van der Waals surface area contributed by atoms with Crippen molar-refractivity contribution < 1.29 is 4.74 Å². The van der Waals surface area contributed by atoms with E-state index >= 15 is 0 Å². The lowest BCUT2D eigenvalue weighted by molar-refractivity contribution is 0.0743. The minimum atomic E-state index is 0.178. The van der Waals surface area contributed by atoms with E-state index in [0.29, 0.717) is 0 Å². The lowest BCUT2D eigenvalue weighted by atomic mass is 9.79. The monoisotopic (exact) mass is 322 g/mol.